The zero-order chi connectivity index (χ0) is 4.12. The predicted octanol–water partition coefficient (Wildman–Crippen LogP) is -0.361. The van der Waals surface area contributed by atoms with Crippen molar-refractivity contribution in [1.29, 1.82) is 5.26 Å². The molecule has 0 aromatic heterocycles. The SMILES string of the molecule is [B]C#CC#N. The summed E-state index contributed by atoms with van der Waals surface area (Å²) in [6.07, 6.45) is 0. The van der Waals surface area contributed by atoms with E-state index in [0.717, 1.165) is 0 Å². The van der Waals surface area contributed by atoms with Crippen LogP contribution in [0.1, 0.15) is 0 Å². The molecule has 0 fully saturated rings. The molecule has 0 aliphatic carbocycles. The van der Waals surface area contributed by atoms with Gasteiger partial charge in [0.1, 0.15) is 0 Å². The Balaban J connectivity index is 3.30. The molecule has 0 aliphatic rings. The second-order valence-electron chi connectivity index (χ2n) is 0.381. The Morgan fingerprint density at radius 2 is 2.20 bits per heavy atom. The molecule has 0 heterocycles. The molecule has 0 spiro atoms. The molecule has 0 bridgehead atoms. The summed E-state index contributed by atoms with van der Waals surface area (Å²) < 4.78 is 0. The van der Waals surface area contributed by atoms with Gasteiger partial charge in [-0.25, -0.2) is 0 Å². The lowest BCUT2D eigenvalue weighted by atomic mass is 10.2. The summed E-state index contributed by atoms with van der Waals surface area (Å²) in [4.78, 5) is 0. The van der Waals surface area contributed by atoms with E-state index in [1.54, 1.807) is 0 Å². The van der Waals surface area contributed by atoms with Crippen LogP contribution in [0.2, 0.25) is 0 Å². The van der Waals surface area contributed by atoms with Crippen LogP contribution in [0, 0.1) is 23.1 Å². The van der Waals surface area contributed by atoms with E-state index in [2.05, 4.69) is 7.85 Å². The average Bonchev–Trinajstić information content (AvgIpc) is 1.41. The van der Waals surface area contributed by atoms with Crippen molar-refractivity contribution in [3.05, 3.63) is 0 Å². The van der Waals surface area contributed by atoms with Crippen LogP contribution >= 0.6 is 0 Å². The van der Waals surface area contributed by atoms with Gasteiger partial charge in [-0.3, -0.25) is 0 Å². The molecule has 0 saturated heterocycles. The highest BCUT2D eigenvalue weighted by molar-refractivity contribution is 6.22. The van der Waals surface area contributed by atoms with Crippen molar-refractivity contribution < 1.29 is 0 Å². The highest BCUT2D eigenvalue weighted by Crippen LogP contribution is 1.35. The molecule has 0 amide bonds. The van der Waals surface area contributed by atoms with Crippen LogP contribution in [-0.2, 0) is 0 Å². The largest absolute Gasteiger partial charge is 0.189 e. The summed E-state index contributed by atoms with van der Waals surface area (Å²) in [6.45, 7) is 0. The minimum absolute atomic E-state index is 1.53. The van der Waals surface area contributed by atoms with Gasteiger partial charge in [0.15, 0.2) is 13.9 Å². The Morgan fingerprint density at radius 3 is 2.20 bits per heavy atom. The molecule has 0 aromatic rings. The van der Waals surface area contributed by atoms with Crippen LogP contribution in [0.3, 0.4) is 0 Å². The summed E-state index contributed by atoms with van der Waals surface area (Å²) in [6, 6.07) is 1.53. The first kappa shape index (κ1) is 4.11. The van der Waals surface area contributed by atoms with Crippen molar-refractivity contribution >= 4 is 7.85 Å². The van der Waals surface area contributed by atoms with Gasteiger partial charge >= 0.3 is 0 Å². The fourth-order valence-corrected chi connectivity index (χ4v) is 0.0323. The molecule has 2 heteroatoms. The van der Waals surface area contributed by atoms with Gasteiger partial charge in [0.2, 0.25) is 0 Å². The molecule has 1 nitrogen and oxygen atoms in total. The van der Waals surface area contributed by atoms with Gasteiger partial charge in [-0.15, -0.1) is 0 Å². The van der Waals surface area contributed by atoms with Gasteiger partial charge < -0.3 is 0 Å². The maximum Gasteiger partial charge on any atom is 0.189 e. The van der Waals surface area contributed by atoms with Gasteiger partial charge in [0, 0.05) is 0 Å². The van der Waals surface area contributed by atoms with E-state index >= 15 is 0 Å². The molecule has 0 unspecified atom stereocenters. The topological polar surface area (TPSA) is 23.8 Å². The van der Waals surface area contributed by atoms with Gasteiger partial charge in [-0.05, 0) is 5.92 Å². The minimum atomic E-state index is 1.53. The Labute approximate surface area is 32.0 Å². The highest BCUT2D eigenvalue weighted by Gasteiger charge is 1.41. The quantitative estimate of drug-likeness (QED) is 0.277. The third-order valence-electron chi connectivity index (χ3n) is 0.128. The number of hydrogen-bond acceptors (Lipinski definition) is 1. The Kier molecular flexibility index (Phi) is 2.56. The molecule has 5 heavy (non-hydrogen) atoms. The fraction of sp³-hybridized carbons (Fsp3) is 0. The van der Waals surface area contributed by atoms with Crippen LogP contribution < -0.4 is 0 Å². The molecule has 0 saturated carbocycles. The molecule has 0 atom stereocenters. The van der Waals surface area contributed by atoms with E-state index in [1.807, 2.05) is 11.7 Å². The molecular weight excluding hydrogens is 60.9 g/mol. The molecule has 2 radical (unpaired) electrons. The van der Waals surface area contributed by atoms with E-state index < -0.39 is 0 Å². The van der Waals surface area contributed by atoms with Gasteiger partial charge in [-0.2, -0.15) is 11.1 Å². The van der Waals surface area contributed by atoms with E-state index in [1.165, 1.54) is 6.07 Å². The summed E-state index contributed by atoms with van der Waals surface area (Å²) >= 11 is 0. The first-order valence-electron chi connectivity index (χ1n) is 1.01. The monoisotopic (exact) mass is 61.0 g/mol. The Morgan fingerprint density at radius 1 is 1.60 bits per heavy atom. The number of hydrogen-bond donors (Lipinski definition) is 0. The first-order chi connectivity index (χ1) is 2.41. The number of nitriles is 1. The number of rotatable bonds is 0. The molecular formula is C3BN. The molecule has 0 rings (SSSR count). The average molecular weight is 60.9 g/mol. The molecule has 0 aliphatic heterocycles. The predicted molar refractivity (Wildman–Crippen MR) is 19.1 cm³/mol. The van der Waals surface area contributed by atoms with Crippen LogP contribution in [0.5, 0.6) is 0 Å². The second kappa shape index (κ2) is 3.11. The van der Waals surface area contributed by atoms with Crippen molar-refractivity contribution in [2.75, 3.05) is 0 Å². The maximum atomic E-state index is 7.56. The van der Waals surface area contributed by atoms with Gasteiger partial charge in [-0.1, -0.05) is 0 Å². The lowest BCUT2D eigenvalue weighted by molar-refractivity contribution is 1.55. The third-order valence-corrected chi connectivity index (χ3v) is 0.128. The lowest BCUT2D eigenvalue weighted by Crippen LogP contribution is -1.45. The van der Waals surface area contributed by atoms with E-state index in [-0.39, 0.29) is 0 Å². The first-order valence-corrected chi connectivity index (χ1v) is 1.01. The number of nitrogens with zero attached hydrogens (tertiary/aromatic N) is 1. The molecule has 0 aromatic carbocycles. The smallest absolute Gasteiger partial charge is 0.183 e. The lowest BCUT2D eigenvalue weighted by Gasteiger charge is -1.38. The Bertz CT molecular complexity index is 100. The fourth-order valence-electron chi connectivity index (χ4n) is 0.0323. The zero-order valence-corrected chi connectivity index (χ0v) is 2.52. The van der Waals surface area contributed by atoms with Crippen molar-refractivity contribution in [2.45, 2.75) is 0 Å². The summed E-state index contributed by atoms with van der Waals surface area (Å²) in [5, 5.41) is 7.56. The van der Waals surface area contributed by atoms with E-state index in [0.29, 0.717) is 0 Å². The summed E-state index contributed by atoms with van der Waals surface area (Å²) in [7, 11) is 4.56. The van der Waals surface area contributed by atoms with Crippen molar-refractivity contribution in [3.63, 3.8) is 0 Å². The Hall–Kier alpha value is -0.885. The zero-order valence-electron chi connectivity index (χ0n) is 2.52. The van der Waals surface area contributed by atoms with E-state index in [4.69, 9.17) is 5.26 Å². The van der Waals surface area contributed by atoms with Crippen LogP contribution in [0.25, 0.3) is 0 Å². The third kappa shape index (κ3) is 3.11. The minimum Gasteiger partial charge on any atom is -0.183 e. The normalized spacial score (nSPS) is 3.00. The van der Waals surface area contributed by atoms with Gasteiger partial charge in [0.25, 0.3) is 0 Å². The van der Waals surface area contributed by atoms with Crippen molar-refractivity contribution in [2.24, 2.45) is 0 Å². The summed E-state index contributed by atoms with van der Waals surface area (Å²) in [5.41, 5.74) is 0. The van der Waals surface area contributed by atoms with Gasteiger partial charge in [0.05, 0.1) is 0 Å². The standard InChI is InChI=1S/C3BN/c4-2-1-3-5. The van der Waals surface area contributed by atoms with Crippen molar-refractivity contribution in [3.8, 4) is 17.8 Å². The summed E-state index contributed by atoms with van der Waals surface area (Å²) in [5.74, 6) is 3.85. The van der Waals surface area contributed by atoms with Crippen LogP contribution in [0.4, 0.5) is 0 Å². The van der Waals surface area contributed by atoms with E-state index in [9.17, 15) is 0 Å². The van der Waals surface area contributed by atoms with Crippen LogP contribution in [-0.4, -0.2) is 7.85 Å². The second-order valence-corrected chi connectivity index (χ2v) is 0.381. The van der Waals surface area contributed by atoms with Crippen LogP contribution in [0.15, 0.2) is 0 Å². The molecule has 0 N–H and O–H groups in total. The van der Waals surface area contributed by atoms with Crippen molar-refractivity contribution in [1.82, 2.24) is 0 Å². The highest BCUT2D eigenvalue weighted by atomic mass is 14.2. The maximum absolute atomic E-state index is 7.56. The molecule has 20 valence electrons.